The molecule has 32 heavy (non-hydrogen) atoms. The Labute approximate surface area is 191 Å². The average molecular weight is 444 g/mol. The first-order valence-electron chi connectivity index (χ1n) is 11.7. The molecule has 0 bridgehead atoms. The van der Waals surface area contributed by atoms with Gasteiger partial charge < -0.3 is 19.1 Å². The molecule has 0 saturated carbocycles. The third-order valence-corrected chi connectivity index (χ3v) is 6.27. The number of rotatable bonds is 4. The minimum absolute atomic E-state index is 0.0438. The highest BCUT2D eigenvalue weighted by Crippen LogP contribution is 2.26. The monoisotopic (exact) mass is 443 g/mol. The van der Waals surface area contributed by atoms with E-state index in [1.807, 2.05) is 44.0 Å². The average Bonchev–Trinajstić information content (AvgIpc) is 3.23. The van der Waals surface area contributed by atoms with Crippen molar-refractivity contribution in [2.45, 2.75) is 65.1 Å². The summed E-state index contributed by atoms with van der Waals surface area (Å²) in [6, 6.07) is 6.30. The Hall–Kier alpha value is -2.53. The molecule has 0 N–H and O–H groups in total. The lowest BCUT2D eigenvalue weighted by atomic mass is 10.0. The van der Waals surface area contributed by atoms with Gasteiger partial charge in [0.15, 0.2) is 0 Å². The largest absolute Gasteiger partial charge is 0.444 e. The van der Waals surface area contributed by atoms with Gasteiger partial charge >= 0.3 is 6.09 Å². The Morgan fingerprint density at radius 1 is 1.06 bits per heavy atom. The lowest BCUT2D eigenvalue weighted by molar-refractivity contribution is 0.0186. The molecule has 0 spiro atoms. The summed E-state index contributed by atoms with van der Waals surface area (Å²) in [6.07, 6.45) is 3.29. The molecule has 2 aliphatic rings. The van der Waals surface area contributed by atoms with Crippen LogP contribution in [0.3, 0.4) is 0 Å². The molecule has 1 aromatic rings. The van der Waals surface area contributed by atoms with E-state index in [4.69, 9.17) is 4.74 Å². The van der Waals surface area contributed by atoms with Gasteiger partial charge in [0.25, 0.3) is 5.91 Å². The van der Waals surface area contributed by atoms with Crippen LogP contribution in [0.5, 0.6) is 0 Å². The van der Waals surface area contributed by atoms with Crippen molar-refractivity contribution in [3.05, 3.63) is 24.0 Å². The molecule has 8 nitrogen and oxygen atoms in total. The molecule has 1 atom stereocenters. The molecule has 3 rings (SSSR count). The number of hydrogen-bond acceptors (Lipinski definition) is 5. The van der Waals surface area contributed by atoms with Gasteiger partial charge in [-0.3, -0.25) is 9.69 Å². The van der Waals surface area contributed by atoms with E-state index in [1.165, 1.54) is 0 Å². The zero-order chi connectivity index (χ0) is 23.5. The normalized spacial score (nSPS) is 19.7. The first-order chi connectivity index (χ1) is 15.1. The fourth-order valence-electron chi connectivity index (χ4n) is 4.56. The molecular weight excluding hydrogens is 406 g/mol. The molecule has 2 amide bonds. The number of ether oxygens (including phenoxy) is 1. The molecule has 2 aliphatic heterocycles. The van der Waals surface area contributed by atoms with Crippen LogP contribution >= 0.6 is 0 Å². The quantitative estimate of drug-likeness (QED) is 0.713. The van der Waals surface area contributed by atoms with Crippen LogP contribution in [0, 0.1) is 17.2 Å². The number of hydrogen-bond donors (Lipinski definition) is 0. The van der Waals surface area contributed by atoms with E-state index >= 15 is 0 Å². The molecule has 0 radical (unpaired) electrons. The second-order valence-corrected chi connectivity index (χ2v) is 10.1. The smallest absolute Gasteiger partial charge is 0.410 e. The molecule has 176 valence electrons. The minimum atomic E-state index is -0.500. The maximum absolute atomic E-state index is 13.3. The van der Waals surface area contributed by atoms with Crippen LogP contribution in [0.2, 0.25) is 0 Å². The van der Waals surface area contributed by atoms with Crippen LogP contribution in [0.1, 0.15) is 64.0 Å². The van der Waals surface area contributed by atoms with Gasteiger partial charge in [-0.2, -0.15) is 5.26 Å². The number of amides is 2. The van der Waals surface area contributed by atoms with Crippen LogP contribution in [-0.4, -0.2) is 82.2 Å². The number of carbonyl (C=O) groups is 2. The predicted octanol–water partition coefficient (Wildman–Crippen LogP) is 3.37. The second kappa shape index (κ2) is 9.95. The van der Waals surface area contributed by atoms with Crippen LogP contribution in [0.4, 0.5) is 4.79 Å². The van der Waals surface area contributed by atoms with E-state index in [0.717, 1.165) is 25.9 Å². The summed E-state index contributed by atoms with van der Waals surface area (Å²) in [4.78, 5) is 31.4. The Kier molecular flexibility index (Phi) is 7.50. The van der Waals surface area contributed by atoms with Gasteiger partial charge in [-0.05, 0) is 51.7 Å². The van der Waals surface area contributed by atoms with Gasteiger partial charge in [-0.15, -0.1) is 0 Å². The molecule has 1 aromatic heterocycles. The summed E-state index contributed by atoms with van der Waals surface area (Å²) in [6.45, 7) is 13.7. The summed E-state index contributed by atoms with van der Waals surface area (Å²) in [5.74, 6) is 0.313. The molecule has 0 aromatic carbocycles. The van der Waals surface area contributed by atoms with Crippen LogP contribution in [-0.2, 0) is 4.74 Å². The summed E-state index contributed by atoms with van der Waals surface area (Å²) in [5.41, 5.74) is 0.204. The number of piperazine rings is 1. The van der Waals surface area contributed by atoms with Crippen molar-refractivity contribution >= 4 is 12.0 Å². The van der Waals surface area contributed by atoms with Crippen molar-refractivity contribution in [1.82, 2.24) is 19.3 Å². The van der Waals surface area contributed by atoms with Crippen molar-refractivity contribution in [2.24, 2.45) is 5.92 Å². The fourth-order valence-corrected chi connectivity index (χ4v) is 4.56. The van der Waals surface area contributed by atoms with Gasteiger partial charge in [0.1, 0.15) is 17.3 Å². The third kappa shape index (κ3) is 5.63. The van der Waals surface area contributed by atoms with E-state index in [9.17, 15) is 14.9 Å². The molecule has 8 heteroatoms. The Morgan fingerprint density at radius 3 is 2.22 bits per heavy atom. The maximum Gasteiger partial charge on any atom is 0.410 e. The first-order valence-corrected chi connectivity index (χ1v) is 11.7. The molecule has 1 unspecified atom stereocenters. The number of aromatic nitrogens is 1. The van der Waals surface area contributed by atoms with Crippen molar-refractivity contribution in [3.8, 4) is 6.07 Å². The van der Waals surface area contributed by atoms with E-state index in [1.54, 1.807) is 4.90 Å². The predicted molar refractivity (Wildman–Crippen MR) is 122 cm³/mol. The number of nitriles is 1. The van der Waals surface area contributed by atoms with Gasteiger partial charge in [-0.25, -0.2) is 4.79 Å². The van der Waals surface area contributed by atoms with E-state index in [2.05, 4.69) is 29.4 Å². The van der Waals surface area contributed by atoms with Crippen molar-refractivity contribution in [3.63, 3.8) is 0 Å². The highest BCUT2D eigenvalue weighted by Gasteiger charge is 2.32. The summed E-state index contributed by atoms with van der Waals surface area (Å²) < 4.78 is 7.56. The molecule has 0 aliphatic carbocycles. The minimum Gasteiger partial charge on any atom is -0.444 e. The van der Waals surface area contributed by atoms with Gasteiger partial charge in [0, 0.05) is 51.5 Å². The number of carbonyl (C=O) groups excluding carboxylic acids is 2. The van der Waals surface area contributed by atoms with E-state index in [0.29, 0.717) is 31.9 Å². The highest BCUT2D eigenvalue weighted by atomic mass is 16.6. The standard InChI is InChI=1S/C24H37N5O3/c1-18(2)21(17-25)26-13-15-27(16-14-26)22(30)20-7-6-10-29(20)19-8-11-28(12-9-19)23(31)32-24(3,4)5/h6-7,10,18-19,21H,8-9,11-16H2,1-5H3. The Bertz CT molecular complexity index is 835. The van der Waals surface area contributed by atoms with Crippen LogP contribution in [0.15, 0.2) is 18.3 Å². The topological polar surface area (TPSA) is 81.8 Å². The SMILES string of the molecule is CC(C)C(C#N)N1CCN(C(=O)c2cccn2C2CCN(C(=O)OC(C)(C)C)CC2)CC1. The van der Waals surface area contributed by atoms with E-state index < -0.39 is 5.60 Å². The second-order valence-electron chi connectivity index (χ2n) is 10.1. The lowest BCUT2D eigenvalue weighted by Crippen LogP contribution is -2.53. The first kappa shape index (κ1) is 24.1. The van der Waals surface area contributed by atoms with Crippen LogP contribution in [0.25, 0.3) is 0 Å². The van der Waals surface area contributed by atoms with Gasteiger partial charge in [0.2, 0.25) is 0 Å². The Balaban J connectivity index is 1.58. The number of nitrogens with zero attached hydrogens (tertiary/aromatic N) is 5. The third-order valence-electron chi connectivity index (χ3n) is 6.27. The Morgan fingerprint density at radius 2 is 1.69 bits per heavy atom. The van der Waals surface area contributed by atoms with Crippen molar-refractivity contribution in [2.75, 3.05) is 39.3 Å². The maximum atomic E-state index is 13.3. The summed E-state index contributed by atoms with van der Waals surface area (Å²) >= 11 is 0. The summed E-state index contributed by atoms with van der Waals surface area (Å²) in [5, 5.41) is 9.46. The zero-order valence-electron chi connectivity index (χ0n) is 20.1. The highest BCUT2D eigenvalue weighted by molar-refractivity contribution is 5.93. The van der Waals surface area contributed by atoms with Crippen molar-refractivity contribution in [1.29, 1.82) is 5.26 Å². The zero-order valence-corrected chi connectivity index (χ0v) is 20.1. The number of likely N-dealkylation sites (tertiary alicyclic amines) is 1. The molecule has 2 saturated heterocycles. The fraction of sp³-hybridized carbons (Fsp3) is 0.708. The van der Waals surface area contributed by atoms with Gasteiger partial charge in [0.05, 0.1) is 6.07 Å². The van der Waals surface area contributed by atoms with E-state index in [-0.39, 0.29) is 30.0 Å². The molecular formula is C24H37N5O3. The van der Waals surface area contributed by atoms with Gasteiger partial charge in [-0.1, -0.05) is 13.8 Å². The van der Waals surface area contributed by atoms with Crippen LogP contribution < -0.4 is 0 Å². The number of piperidine rings is 1. The lowest BCUT2D eigenvalue weighted by Gasteiger charge is -2.38. The van der Waals surface area contributed by atoms with Crippen molar-refractivity contribution < 1.29 is 14.3 Å². The molecule has 2 fully saturated rings. The summed E-state index contributed by atoms with van der Waals surface area (Å²) in [7, 11) is 0. The molecule has 3 heterocycles.